The molecular formula is C16H18N2O4S. The van der Waals surface area contributed by atoms with Crippen molar-refractivity contribution in [2.45, 2.75) is 19.3 Å². The molecule has 1 heterocycles. The molecule has 0 spiro atoms. The van der Waals surface area contributed by atoms with Crippen molar-refractivity contribution in [3.63, 3.8) is 0 Å². The molecule has 0 saturated heterocycles. The number of nitrogens with zero attached hydrogens (tertiary/aromatic N) is 1. The number of aromatic nitrogens is 1. The van der Waals surface area contributed by atoms with Crippen LogP contribution in [0.5, 0.6) is 5.75 Å². The smallest absolute Gasteiger partial charge is 0.233 e. The lowest BCUT2D eigenvalue weighted by Crippen LogP contribution is -2.20. The highest BCUT2D eigenvalue weighted by molar-refractivity contribution is 7.17. The van der Waals surface area contributed by atoms with Crippen LogP contribution in [0.15, 0.2) is 30.5 Å². The van der Waals surface area contributed by atoms with Crippen molar-refractivity contribution in [2.75, 3.05) is 19.0 Å². The van der Waals surface area contributed by atoms with E-state index in [-0.39, 0.29) is 11.8 Å². The van der Waals surface area contributed by atoms with Crippen molar-refractivity contribution in [2.24, 2.45) is 0 Å². The Labute approximate surface area is 138 Å². The monoisotopic (exact) mass is 334 g/mol. The minimum absolute atomic E-state index is 0.185. The van der Waals surface area contributed by atoms with Crippen molar-refractivity contribution in [1.29, 1.82) is 0 Å². The molecule has 122 valence electrons. The van der Waals surface area contributed by atoms with Crippen LogP contribution in [0.1, 0.15) is 34.5 Å². The first-order chi connectivity index (χ1) is 11.1. The number of ketones is 1. The van der Waals surface area contributed by atoms with Gasteiger partial charge in [-0.15, -0.1) is 0 Å². The number of nitrogens with one attached hydrogen (secondary N) is 1. The predicted octanol–water partition coefficient (Wildman–Crippen LogP) is 2.46. The van der Waals surface area contributed by atoms with Crippen LogP contribution < -0.4 is 10.1 Å². The van der Waals surface area contributed by atoms with Crippen molar-refractivity contribution >= 4 is 28.2 Å². The van der Waals surface area contributed by atoms with Crippen LogP contribution in [0.4, 0.5) is 5.13 Å². The summed E-state index contributed by atoms with van der Waals surface area (Å²) in [5.74, 6) is -0.182. The van der Waals surface area contributed by atoms with Crippen LogP contribution in [0.3, 0.4) is 0 Å². The van der Waals surface area contributed by atoms with Gasteiger partial charge in [0.15, 0.2) is 10.9 Å². The zero-order valence-electron chi connectivity index (χ0n) is 12.9. The second-order valence-electron chi connectivity index (χ2n) is 4.83. The summed E-state index contributed by atoms with van der Waals surface area (Å²) < 4.78 is 5.11. The van der Waals surface area contributed by atoms with Crippen molar-refractivity contribution in [1.82, 2.24) is 4.98 Å². The molecule has 2 rings (SSSR count). The topological polar surface area (TPSA) is 88.5 Å². The molecule has 1 aromatic heterocycles. The number of hydrogen-bond acceptors (Lipinski definition) is 6. The minimum atomic E-state index is -0.570. The third-order valence-electron chi connectivity index (χ3n) is 3.40. The number of benzene rings is 1. The van der Waals surface area contributed by atoms with Crippen LogP contribution in [-0.2, 0) is 4.79 Å². The molecule has 23 heavy (non-hydrogen) atoms. The number of methoxy groups -OCH3 is 1. The molecular weight excluding hydrogens is 316 g/mol. The molecule has 6 nitrogen and oxygen atoms in total. The summed E-state index contributed by atoms with van der Waals surface area (Å²) in [6.07, 6.45) is 1.99. The number of anilines is 1. The Kier molecular flexibility index (Phi) is 5.84. The van der Waals surface area contributed by atoms with Crippen LogP contribution >= 0.6 is 11.3 Å². The third-order valence-corrected chi connectivity index (χ3v) is 4.35. The van der Waals surface area contributed by atoms with Gasteiger partial charge in [0.05, 0.1) is 24.1 Å². The summed E-state index contributed by atoms with van der Waals surface area (Å²) >= 11 is 1.05. The third kappa shape index (κ3) is 4.14. The highest BCUT2D eigenvalue weighted by atomic mass is 32.1. The number of hydrogen-bond donors (Lipinski definition) is 2. The molecule has 0 aliphatic heterocycles. The molecule has 0 radical (unpaired) electrons. The van der Waals surface area contributed by atoms with Gasteiger partial charge in [0.1, 0.15) is 12.4 Å². The van der Waals surface area contributed by atoms with Crippen LogP contribution in [0, 0.1) is 0 Å². The van der Waals surface area contributed by atoms with Gasteiger partial charge in [0.2, 0.25) is 5.91 Å². The summed E-state index contributed by atoms with van der Waals surface area (Å²) in [7, 11) is 1.59. The molecule has 1 amide bonds. The van der Waals surface area contributed by atoms with Gasteiger partial charge in [-0.05, 0) is 24.1 Å². The number of carbonyl (C=O) groups is 2. The standard InChI is InChI=1S/C16H18N2O4S/c1-3-12(10-4-6-11(22-2)7-5-10)15(21)18-16-17-8-14(23-16)13(20)9-19/h4-8,12,19H,3,9H2,1-2H3,(H,17,18,21). The van der Waals surface area contributed by atoms with Gasteiger partial charge in [0, 0.05) is 0 Å². The number of thiazole rings is 1. The quantitative estimate of drug-likeness (QED) is 0.759. The molecule has 2 aromatic rings. The van der Waals surface area contributed by atoms with Gasteiger partial charge in [-0.1, -0.05) is 30.4 Å². The molecule has 7 heteroatoms. The van der Waals surface area contributed by atoms with Gasteiger partial charge in [-0.25, -0.2) is 4.98 Å². The number of Topliss-reactive ketones (excluding diaryl/α,β-unsaturated/α-hetero) is 1. The van der Waals surface area contributed by atoms with E-state index in [1.165, 1.54) is 6.20 Å². The number of carbonyl (C=O) groups excluding carboxylic acids is 2. The largest absolute Gasteiger partial charge is 0.497 e. The van der Waals surface area contributed by atoms with Gasteiger partial charge in [-0.3, -0.25) is 9.59 Å². The number of aliphatic hydroxyl groups excluding tert-OH is 1. The summed E-state index contributed by atoms with van der Waals surface area (Å²) in [5.41, 5.74) is 0.883. The predicted molar refractivity (Wildman–Crippen MR) is 88.2 cm³/mol. The molecule has 0 saturated carbocycles. The van der Waals surface area contributed by atoms with E-state index in [9.17, 15) is 9.59 Å². The fourth-order valence-electron chi connectivity index (χ4n) is 2.14. The van der Waals surface area contributed by atoms with Crippen LogP contribution in [0.25, 0.3) is 0 Å². The average Bonchev–Trinajstić information content (AvgIpc) is 3.04. The fourth-order valence-corrected chi connectivity index (χ4v) is 2.89. The lowest BCUT2D eigenvalue weighted by atomic mass is 9.95. The highest BCUT2D eigenvalue weighted by Crippen LogP contribution is 2.25. The van der Waals surface area contributed by atoms with Crippen molar-refractivity contribution < 1.29 is 19.4 Å². The highest BCUT2D eigenvalue weighted by Gasteiger charge is 2.20. The van der Waals surface area contributed by atoms with E-state index < -0.39 is 12.4 Å². The van der Waals surface area contributed by atoms with Gasteiger partial charge < -0.3 is 15.2 Å². The minimum Gasteiger partial charge on any atom is -0.497 e. The Balaban J connectivity index is 2.10. The maximum Gasteiger partial charge on any atom is 0.233 e. The fraction of sp³-hybridized carbons (Fsp3) is 0.312. The van der Waals surface area contributed by atoms with Crippen molar-refractivity contribution in [3.8, 4) is 5.75 Å². The Hall–Kier alpha value is -2.25. The Morgan fingerprint density at radius 2 is 2.04 bits per heavy atom. The Morgan fingerprint density at radius 1 is 1.35 bits per heavy atom. The molecule has 0 bridgehead atoms. The molecule has 0 aliphatic rings. The van der Waals surface area contributed by atoms with Gasteiger partial charge in [0.25, 0.3) is 0 Å². The summed E-state index contributed by atoms with van der Waals surface area (Å²) in [5, 5.41) is 11.9. The second-order valence-corrected chi connectivity index (χ2v) is 5.86. The molecule has 1 unspecified atom stereocenters. The van der Waals surface area contributed by atoms with E-state index >= 15 is 0 Å². The van der Waals surface area contributed by atoms with E-state index in [0.29, 0.717) is 16.4 Å². The molecule has 2 N–H and O–H groups in total. The van der Waals surface area contributed by atoms with E-state index in [1.807, 2.05) is 31.2 Å². The van der Waals surface area contributed by atoms with E-state index in [1.54, 1.807) is 7.11 Å². The molecule has 1 atom stereocenters. The lowest BCUT2D eigenvalue weighted by Gasteiger charge is -2.14. The zero-order valence-corrected chi connectivity index (χ0v) is 13.7. The molecule has 0 fully saturated rings. The first-order valence-corrected chi connectivity index (χ1v) is 7.95. The van der Waals surface area contributed by atoms with E-state index in [2.05, 4.69) is 10.3 Å². The maximum atomic E-state index is 12.4. The lowest BCUT2D eigenvalue weighted by molar-refractivity contribution is -0.117. The van der Waals surface area contributed by atoms with Gasteiger partial charge >= 0.3 is 0 Å². The van der Waals surface area contributed by atoms with E-state index in [0.717, 1.165) is 22.6 Å². The van der Waals surface area contributed by atoms with Crippen LogP contribution in [-0.4, -0.2) is 35.5 Å². The summed E-state index contributed by atoms with van der Waals surface area (Å²) in [6.45, 7) is 1.36. The first-order valence-electron chi connectivity index (χ1n) is 7.13. The number of amides is 1. The average molecular weight is 334 g/mol. The number of ether oxygens (including phenoxy) is 1. The zero-order chi connectivity index (χ0) is 16.8. The van der Waals surface area contributed by atoms with E-state index in [4.69, 9.17) is 9.84 Å². The second kappa shape index (κ2) is 7.85. The summed E-state index contributed by atoms with van der Waals surface area (Å²) in [6, 6.07) is 7.34. The normalized spacial score (nSPS) is 11.8. The number of aliphatic hydroxyl groups is 1. The SMILES string of the molecule is CCC(C(=O)Nc1ncc(C(=O)CO)s1)c1ccc(OC)cc1. The first kappa shape index (κ1) is 17.1. The Bertz CT molecular complexity index is 682. The maximum absolute atomic E-state index is 12.4. The molecule has 0 aliphatic carbocycles. The van der Waals surface area contributed by atoms with Gasteiger partial charge in [-0.2, -0.15) is 0 Å². The number of rotatable bonds is 7. The summed E-state index contributed by atoms with van der Waals surface area (Å²) in [4.78, 5) is 28.1. The van der Waals surface area contributed by atoms with Crippen molar-refractivity contribution in [3.05, 3.63) is 40.9 Å². The Morgan fingerprint density at radius 3 is 2.61 bits per heavy atom. The van der Waals surface area contributed by atoms with Crippen LogP contribution in [0.2, 0.25) is 0 Å². The molecule has 1 aromatic carbocycles.